The maximum absolute atomic E-state index is 13.4. The Balaban J connectivity index is 1.74. The summed E-state index contributed by atoms with van der Waals surface area (Å²) in [5.74, 6) is 1.64. The van der Waals surface area contributed by atoms with Crippen molar-refractivity contribution in [3.63, 3.8) is 0 Å². The van der Waals surface area contributed by atoms with Crippen LogP contribution < -0.4 is 5.32 Å². The first kappa shape index (κ1) is 12.5. The average Bonchev–Trinajstić information content (AvgIpc) is 2.81. The van der Waals surface area contributed by atoms with Gasteiger partial charge in [-0.25, -0.2) is 4.39 Å². The summed E-state index contributed by atoms with van der Waals surface area (Å²) < 4.78 is 13.9. The lowest BCUT2D eigenvalue weighted by Crippen LogP contribution is -2.25. The molecule has 0 amide bonds. The number of benzene rings is 1. The van der Waals surface area contributed by atoms with Gasteiger partial charge in [-0.2, -0.15) is 0 Å². The normalized spacial score (nSPS) is 26.7. The maximum atomic E-state index is 13.4. The number of hydrogen-bond acceptors (Lipinski definition) is 3. The van der Waals surface area contributed by atoms with E-state index >= 15 is 0 Å². The van der Waals surface area contributed by atoms with Crippen LogP contribution in [-0.4, -0.2) is 17.0 Å². The fraction of sp³-hybridized carbons (Fsp3) is 0.462. The zero-order valence-corrected chi connectivity index (χ0v) is 12.2. The van der Waals surface area contributed by atoms with Gasteiger partial charge in [0.15, 0.2) is 5.17 Å². The van der Waals surface area contributed by atoms with Crippen molar-refractivity contribution in [1.29, 1.82) is 0 Å². The molecular formula is C13H14BrFN2S. The molecule has 2 aliphatic rings. The highest BCUT2D eigenvalue weighted by atomic mass is 79.9. The Hall–Kier alpha value is -0.550. The number of thioether (sulfide) groups is 1. The zero-order chi connectivity index (χ0) is 12.5. The molecule has 2 unspecified atom stereocenters. The minimum Gasteiger partial charge on any atom is -0.335 e. The molecule has 0 aromatic heterocycles. The van der Waals surface area contributed by atoms with Crippen LogP contribution in [0.5, 0.6) is 0 Å². The number of aliphatic imine (C=N–C) groups is 1. The maximum Gasteiger partial charge on any atom is 0.161 e. The summed E-state index contributed by atoms with van der Waals surface area (Å²) in [5.41, 5.74) is 0.762. The van der Waals surface area contributed by atoms with Crippen molar-refractivity contribution in [2.24, 2.45) is 10.9 Å². The number of halogens is 2. The molecule has 96 valence electrons. The molecular weight excluding hydrogens is 315 g/mol. The molecule has 1 N–H and O–H groups in total. The number of amidine groups is 1. The highest BCUT2D eigenvalue weighted by molar-refractivity contribution is 9.10. The van der Waals surface area contributed by atoms with Crippen molar-refractivity contribution >= 4 is 38.5 Å². The van der Waals surface area contributed by atoms with Gasteiger partial charge in [-0.05, 0) is 52.9 Å². The first-order chi connectivity index (χ1) is 8.72. The van der Waals surface area contributed by atoms with Crippen LogP contribution in [0.1, 0.15) is 19.3 Å². The largest absolute Gasteiger partial charge is 0.335 e. The average molecular weight is 329 g/mol. The standard InChI is InChI=1S/C13H14BrFN2S/c14-10-5-4-9(6-11(10)15)16-13-17-12-3-1-2-8(12)7-18-13/h4-6,8,12H,1-3,7H2,(H,16,17). The van der Waals surface area contributed by atoms with Crippen molar-refractivity contribution in [1.82, 2.24) is 0 Å². The van der Waals surface area contributed by atoms with Crippen LogP contribution in [0.2, 0.25) is 0 Å². The van der Waals surface area contributed by atoms with Gasteiger partial charge < -0.3 is 5.32 Å². The molecule has 0 saturated heterocycles. The monoisotopic (exact) mass is 328 g/mol. The highest BCUT2D eigenvalue weighted by Crippen LogP contribution is 2.35. The topological polar surface area (TPSA) is 24.4 Å². The van der Waals surface area contributed by atoms with E-state index in [1.165, 1.54) is 25.3 Å². The molecule has 5 heteroatoms. The second kappa shape index (κ2) is 5.21. The molecule has 1 heterocycles. The minimum atomic E-state index is -0.250. The summed E-state index contributed by atoms with van der Waals surface area (Å²) >= 11 is 4.90. The molecule has 1 fully saturated rings. The number of nitrogens with one attached hydrogen (secondary N) is 1. The molecule has 1 aliphatic heterocycles. The third-order valence-electron chi connectivity index (χ3n) is 3.51. The Morgan fingerprint density at radius 3 is 3.11 bits per heavy atom. The first-order valence-electron chi connectivity index (χ1n) is 6.15. The molecule has 0 spiro atoms. The van der Waals surface area contributed by atoms with E-state index in [-0.39, 0.29) is 5.82 Å². The van der Waals surface area contributed by atoms with E-state index in [9.17, 15) is 4.39 Å². The predicted octanol–water partition coefficient (Wildman–Crippen LogP) is 4.27. The lowest BCUT2D eigenvalue weighted by Gasteiger charge is -2.23. The van der Waals surface area contributed by atoms with E-state index in [0.29, 0.717) is 10.5 Å². The summed E-state index contributed by atoms with van der Waals surface area (Å²) in [7, 11) is 0. The molecule has 1 aliphatic carbocycles. The van der Waals surface area contributed by atoms with E-state index in [4.69, 9.17) is 4.99 Å². The SMILES string of the molecule is Fc1cc(NC2=NC3CCCC3CS2)ccc1Br. The van der Waals surface area contributed by atoms with Crippen LogP contribution in [0.15, 0.2) is 27.7 Å². The van der Waals surface area contributed by atoms with Gasteiger partial charge >= 0.3 is 0 Å². The number of hydrogen-bond donors (Lipinski definition) is 1. The third-order valence-corrected chi connectivity index (χ3v) is 5.23. The van der Waals surface area contributed by atoms with Crippen LogP contribution in [0.3, 0.4) is 0 Å². The van der Waals surface area contributed by atoms with Crippen molar-refractivity contribution in [2.75, 3.05) is 11.1 Å². The Labute approximate surface area is 119 Å². The number of nitrogens with zero attached hydrogens (tertiary/aromatic N) is 1. The number of rotatable bonds is 1. The van der Waals surface area contributed by atoms with Gasteiger partial charge in [0.2, 0.25) is 0 Å². The molecule has 18 heavy (non-hydrogen) atoms. The van der Waals surface area contributed by atoms with Crippen LogP contribution in [0, 0.1) is 11.7 Å². The Kier molecular flexibility index (Phi) is 3.61. The highest BCUT2D eigenvalue weighted by Gasteiger charge is 2.30. The van der Waals surface area contributed by atoms with Crippen molar-refractivity contribution in [3.05, 3.63) is 28.5 Å². The van der Waals surface area contributed by atoms with Gasteiger partial charge in [-0.3, -0.25) is 4.99 Å². The smallest absolute Gasteiger partial charge is 0.161 e. The summed E-state index contributed by atoms with van der Waals surface area (Å²) in [6, 6.07) is 5.55. The molecule has 0 bridgehead atoms. The molecule has 2 nitrogen and oxygen atoms in total. The van der Waals surface area contributed by atoms with Crippen molar-refractivity contribution in [3.8, 4) is 0 Å². The van der Waals surface area contributed by atoms with Crippen molar-refractivity contribution < 1.29 is 4.39 Å². The van der Waals surface area contributed by atoms with Crippen molar-refractivity contribution in [2.45, 2.75) is 25.3 Å². The molecule has 1 aromatic carbocycles. The molecule has 0 radical (unpaired) electrons. The third kappa shape index (κ3) is 2.57. The van der Waals surface area contributed by atoms with Gasteiger partial charge in [-0.1, -0.05) is 18.2 Å². The lowest BCUT2D eigenvalue weighted by molar-refractivity contribution is 0.535. The minimum absolute atomic E-state index is 0.250. The molecule has 2 atom stereocenters. The van der Waals surface area contributed by atoms with Crippen LogP contribution in [-0.2, 0) is 0 Å². The second-order valence-corrected chi connectivity index (χ2v) is 6.62. The van der Waals surface area contributed by atoms with Crippen LogP contribution in [0.4, 0.5) is 10.1 Å². The fourth-order valence-corrected chi connectivity index (χ4v) is 3.93. The first-order valence-corrected chi connectivity index (χ1v) is 7.93. The summed E-state index contributed by atoms with van der Waals surface area (Å²) in [4.78, 5) is 4.73. The van der Waals surface area contributed by atoms with Gasteiger partial charge in [-0.15, -0.1) is 0 Å². The number of fused-ring (bicyclic) bond motifs is 1. The molecule has 1 saturated carbocycles. The zero-order valence-electron chi connectivity index (χ0n) is 9.83. The van der Waals surface area contributed by atoms with Gasteiger partial charge in [0.25, 0.3) is 0 Å². The number of anilines is 1. The summed E-state index contributed by atoms with van der Waals surface area (Å²) in [6.45, 7) is 0. The summed E-state index contributed by atoms with van der Waals surface area (Å²) in [5, 5.41) is 4.14. The van der Waals surface area contributed by atoms with Crippen LogP contribution >= 0.6 is 27.7 Å². The second-order valence-electron chi connectivity index (χ2n) is 4.76. The molecule has 3 rings (SSSR count). The van der Waals surface area contributed by atoms with E-state index < -0.39 is 0 Å². The Morgan fingerprint density at radius 2 is 2.28 bits per heavy atom. The Bertz CT molecular complexity index is 492. The fourth-order valence-electron chi connectivity index (χ4n) is 2.52. The van der Waals surface area contributed by atoms with Crippen LogP contribution in [0.25, 0.3) is 0 Å². The van der Waals surface area contributed by atoms with Gasteiger partial charge in [0, 0.05) is 11.4 Å². The predicted molar refractivity (Wildman–Crippen MR) is 78.7 cm³/mol. The Morgan fingerprint density at radius 1 is 1.39 bits per heavy atom. The molecule has 1 aromatic rings. The van der Waals surface area contributed by atoms with Gasteiger partial charge in [0.1, 0.15) is 5.82 Å². The lowest BCUT2D eigenvalue weighted by atomic mass is 10.1. The van der Waals surface area contributed by atoms with E-state index in [0.717, 1.165) is 22.5 Å². The van der Waals surface area contributed by atoms with E-state index in [2.05, 4.69) is 21.2 Å². The quantitative estimate of drug-likeness (QED) is 0.832. The summed E-state index contributed by atoms with van der Waals surface area (Å²) in [6.07, 6.45) is 3.80. The van der Waals surface area contributed by atoms with Gasteiger partial charge in [0.05, 0.1) is 10.5 Å². The van der Waals surface area contributed by atoms with E-state index in [1.807, 2.05) is 6.07 Å². The van der Waals surface area contributed by atoms with E-state index in [1.54, 1.807) is 17.8 Å².